The highest BCUT2D eigenvalue weighted by Crippen LogP contribution is 2.23. The van der Waals surface area contributed by atoms with E-state index in [-0.39, 0.29) is 18.2 Å². The summed E-state index contributed by atoms with van der Waals surface area (Å²) in [6.45, 7) is 2.03. The van der Waals surface area contributed by atoms with Crippen LogP contribution >= 0.6 is 0 Å². The molecule has 1 heterocycles. The number of aryl methyl sites for hydroxylation is 1. The van der Waals surface area contributed by atoms with E-state index in [4.69, 9.17) is 4.74 Å². The van der Waals surface area contributed by atoms with Gasteiger partial charge in [0.05, 0.1) is 0 Å². The quantitative estimate of drug-likeness (QED) is 0.445. The number of hydrogen-bond acceptors (Lipinski definition) is 3. The Hall–Kier alpha value is -3.66. The van der Waals surface area contributed by atoms with Gasteiger partial charge < -0.3 is 9.72 Å². The van der Waals surface area contributed by atoms with Crippen LogP contribution in [0.25, 0.3) is 10.9 Å². The lowest BCUT2D eigenvalue weighted by Gasteiger charge is -2.07. The molecule has 0 amide bonds. The van der Waals surface area contributed by atoms with Crippen molar-refractivity contribution in [3.05, 3.63) is 101 Å². The summed E-state index contributed by atoms with van der Waals surface area (Å²) in [7, 11) is 0. The van der Waals surface area contributed by atoms with Gasteiger partial charge in [0.1, 0.15) is 5.75 Å². The van der Waals surface area contributed by atoms with E-state index < -0.39 is 0 Å². The van der Waals surface area contributed by atoms with Crippen molar-refractivity contribution >= 4 is 22.5 Å². The topological polar surface area (TPSA) is 59.2 Å². The van der Waals surface area contributed by atoms with Crippen LogP contribution in [0.15, 0.2) is 79.0 Å². The fraction of sp³-hybridized carbons (Fsp3) is 0.120. The van der Waals surface area contributed by atoms with Crippen LogP contribution in [0, 0.1) is 0 Å². The fourth-order valence-electron chi connectivity index (χ4n) is 3.43. The molecule has 1 N–H and O–H groups in total. The average Bonchev–Trinajstić information content (AvgIpc) is 3.22. The number of fused-ring (bicyclic) bond motifs is 1. The van der Waals surface area contributed by atoms with Crippen LogP contribution in [0.1, 0.15) is 38.8 Å². The van der Waals surface area contributed by atoms with Crippen molar-refractivity contribution < 1.29 is 14.3 Å². The van der Waals surface area contributed by atoms with E-state index in [2.05, 4.69) is 18.0 Å². The average molecular weight is 383 g/mol. The van der Waals surface area contributed by atoms with E-state index >= 15 is 0 Å². The summed E-state index contributed by atoms with van der Waals surface area (Å²) < 4.78 is 5.66. The first-order valence-electron chi connectivity index (χ1n) is 9.62. The zero-order chi connectivity index (χ0) is 20.2. The zero-order valence-electron chi connectivity index (χ0n) is 16.1. The van der Waals surface area contributed by atoms with E-state index in [0.29, 0.717) is 22.4 Å². The number of benzene rings is 3. The van der Waals surface area contributed by atoms with Gasteiger partial charge in [-0.05, 0) is 36.2 Å². The van der Waals surface area contributed by atoms with Gasteiger partial charge in [0.15, 0.2) is 12.4 Å². The van der Waals surface area contributed by atoms with Crippen LogP contribution in [0.2, 0.25) is 0 Å². The first kappa shape index (κ1) is 18.7. The fourth-order valence-corrected chi connectivity index (χ4v) is 3.43. The standard InChI is InChI=1S/C25H21NO3/c1-2-17-9-6-10-21-22(15-26-24(17)21)23(27)16-29-20-13-11-19(12-14-20)25(28)18-7-4-3-5-8-18/h3-15,26H,2,16H2,1H3. The number of carbonyl (C=O) groups is 2. The third-order valence-electron chi connectivity index (χ3n) is 5.01. The molecule has 0 fully saturated rings. The highest BCUT2D eigenvalue weighted by atomic mass is 16.5. The van der Waals surface area contributed by atoms with Gasteiger partial charge >= 0.3 is 0 Å². The van der Waals surface area contributed by atoms with Gasteiger partial charge in [-0.3, -0.25) is 9.59 Å². The van der Waals surface area contributed by atoms with Gasteiger partial charge in [-0.1, -0.05) is 55.5 Å². The van der Waals surface area contributed by atoms with Crippen LogP contribution in [-0.4, -0.2) is 23.2 Å². The smallest absolute Gasteiger partial charge is 0.202 e. The summed E-state index contributed by atoms with van der Waals surface area (Å²) in [5.41, 5.74) is 4.04. The van der Waals surface area contributed by atoms with Crippen LogP contribution < -0.4 is 4.74 Å². The van der Waals surface area contributed by atoms with Crippen LogP contribution in [0.3, 0.4) is 0 Å². The number of ketones is 2. The molecular formula is C25H21NO3. The Morgan fingerprint density at radius 1 is 0.862 bits per heavy atom. The molecule has 0 unspecified atom stereocenters. The molecule has 4 aromatic rings. The first-order valence-corrected chi connectivity index (χ1v) is 9.62. The molecule has 4 heteroatoms. The molecule has 0 spiro atoms. The molecule has 0 saturated heterocycles. The van der Waals surface area contributed by atoms with Gasteiger partial charge in [0.2, 0.25) is 5.78 Å². The Morgan fingerprint density at radius 2 is 1.59 bits per heavy atom. The summed E-state index contributed by atoms with van der Waals surface area (Å²) >= 11 is 0. The van der Waals surface area contributed by atoms with Gasteiger partial charge in [-0.25, -0.2) is 0 Å². The van der Waals surface area contributed by atoms with Crippen LogP contribution in [-0.2, 0) is 6.42 Å². The Morgan fingerprint density at radius 3 is 2.31 bits per heavy atom. The number of ether oxygens (including phenoxy) is 1. The maximum atomic E-state index is 12.7. The van der Waals surface area contributed by atoms with E-state index in [1.807, 2.05) is 30.3 Å². The largest absolute Gasteiger partial charge is 0.485 e. The van der Waals surface area contributed by atoms with Crippen molar-refractivity contribution in [1.29, 1.82) is 0 Å². The van der Waals surface area contributed by atoms with Crippen molar-refractivity contribution in [3.8, 4) is 5.75 Å². The number of para-hydroxylation sites is 1. The lowest BCUT2D eigenvalue weighted by molar-refractivity contribution is 0.0922. The number of rotatable bonds is 7. The summed E-state index contributed by atoms with van der Waals surface area (Å²) in [5, 5.41) is 0.918. The molecule has 4 nitrogen and oxygen atoms in total. The summed E-state index contributed by atoms with van der Waals surface area (Å²) in [6.07, 6.45) is 2.65. The second kappa shape index (κ2) is 8.15. The molecule has 0 atom stereocenters. The molecular weight excluding hydrogens is 362 g/mol. The van der Waals surface area contributed by atoms with E-state index in [0.717, 1.165) is 17.3 Å². The van der Waals surface area contributed by atoms with E-state index in [1.165, 1.54) is 5.56 Å². The van der Waals surface area contributed by atoms with Crippen LogP contribution in [0.4, 0.5) is 0 Å². The number of aromatic nitrogens is 1. The summed E-state index contributed by atoms with van der Waals surface area (Å²) in [5.74, 6) is 0.421. The van der Waals surface area contributed by atoms with Gasteiger partial charge in [0, 0.05) is 33.8 Å². The lowest BCUT2D eigenvalue weighted by Crippen LogP contribution is -2.11. The summed E-state index contributed by atoms with van der Waals surface area (Å²) in [4.78, 5) is 28.3. The van der Waals surface area contributed by atoms with E-state index in [9.17, 15) is 9.59 Å². The Kier molecular flexibility index (Phi) is 5.25. The first-order chi connectivity index (χ1) is 14.2. The van der Waals surface area contributed by atoms with Crippen molar-refractivity contribution in [3.63, 3.8) is 0 Å². The molecule has 29 heavy (non-hydrogen) atoms. The zero-order valence-corrected chi connectivity index (χ0v) is 16.1. The van der Waals surface area contributed by atoms with Crippen molar-refractivity contribution in [1.82, 2.24) is 4.98 Å². The second-order valence-electron chi connectivity index (χ2n) is 6.83. The summed E-state index contributed by atoms with van der Waals surface area (Å²) in [6, 6.07) is 22.0. The number of Topliss-reactive ketones (excluding diaryl/α,β-unsaturated/α-hetero) is 1. The molecule has 0 saturated carbocycles. The van der Waals surface area contributed by atoms with Gasteiger partial charge in [-0.2, -0.15) is 0 Å². The molecule has 4 rings (SSSR count). The molecule has 1 aromatic heterocycles. The monoisotopic (exact) mass is 383 g/mol. The minimum absolute atomic E-state index is 0.0428. The molecule has 0 aliphatic carbocycles. The second-order valence-corrected chi connectivity index (χ2v) is 6.83. The highest BCUT2D eigenvalue weighted by molar-refractivity contribution is 6.09. The molecule has 3 aromatic carbocycles. The third-order valence-corrected chi connectivity index (χ3v) is 5.01. The number of hydrogen-bond donors (Lipinski definition) is 1. The Balaban J connectivity index is 1.44. The molecule has 0 aliphatic heterocycles. The molecule has 144 valence electrons. The minimum atomic E-state index is -0.0889. The lowest BCUT2D eigenvalue weighted by atomic mass is 10.0. The Labute approximate surface area is 169 Å². The number of aromatic amines is 1. The molecule has 0 radical (unpaired) electrons. The maximum absolute atomic E-state index is 12.7. The maximum Gasteiger partial charge on any atom is 0.202 e. The van der Waals surface area contributed by atoms with Crippen molar-refractivity contribution in [2.24, 2.45) is 0 Å². The van der Waals surface area contributed by atoms with Crippen LogP contribution in [0.5, 0.6) is 5.75 Å². The van der Waals surface area contributed by atoms with Gasteiger partial charge in [-0.15, -0.1) is 0 Å². The number of carbonyl (C=O) groups excluding carboxylic acids is 2. The SMILES string of the molecule is CCc1cccc2c(C(=O)COc3ccc(C(=O)c4ccccc4)cc3)c[nH]c12. The minimum Gasteiger partial charge on any atom is -0.485 e. The third kappa shape index (κ3) is 3.83. The van der Waals surface area contributed by atoms with Gasteiger partial charge in [0.25, 0.3) is 0 Å². The predicted molar refractivity (Wildman–Crippen MR) is 114 cm³/mol. The Bertz CT molecular complexity index is 1160. The molecule has 0 aliphatic rings. The normalized spacial score (nSPS) is 10.8. The van der Waals surface area contributed by atoms with Crippen molar-refractivity contribution in [2.45, 2.75) is 13.3 Å². The van der Waals surface area contributed by atoms with E-state index in [1.54, 1.807) is 42.6 Å². The highest BCUT2D eigenvalue weighted by Gasteiger charge is 2.14. The molecule has 0 bridgehead atoms. The number of H-pyrrole nitrogens is 1. The number of nitrogens with one attached hydrogen (secondary N) is 1. The van der Waals surface area contributed by atoms with Crippen molar-refractivity contribution in [2.75, 3.05) is 6.61 Å². The predicted octanol–water partition coefficient (Wildman–Crippen LogP) is 5.22.